The molecule has 0 N–H and O–H groups in total. The number of rotatable bonds is 6. The first-order valence-corrected chi connectivity index (χ1v) is 10.4. The Labute approximate surface area is 165 Å². The Morgan fingerprint density at radius 3 is 2.93 bits per heavy atom. The highest BCUT2D eigenvalue weighted by molar-refractivity contribution is 7.99. The summed E-state index contributed by atoms with van der Waals surface area (Å²) in [7, 11) is 0. The Bertz CT molecular complexity index is 860. The van der Waals surface area contributed by atoms with Crippen LogP contribution in [0.2, 0.25) is 0 Å². The number of hydrogen-bond donors (Lipinski definition) is 0. The van der Waals surface area contributed by atoms with Crippen LogP contribution in [0.25, 0.3) is 12.2 Å². The van der Waals surface area contributed by atoms with Crippen molar-refractivity contribution in [2.24, 2.45) is 0 Å². The standard InChI is InChI=1S/C22H25N3OS/c1-3-5-12-18-19(9-4-2)24-21(15-23-18)27-16-22(26)25-14-8-11-17-10-6-7-13-20(17)25/h4-7,9-10,12-13,15H,3,8,11,14,16H2,1-2H3/b9-4-,12-5-. The van der Waals surface area contributed by atoms with Gasteiger partial charge in [-0.25, -0.2) is 4.98 Å². The van der Waals surface area contributed by atoms with Crippen molar-refractivity contribution in [3.63, 3.8) is 0 Å². The maximum Gasteiger partial charge on any atom is 0.237 e. The molecule has 0 saturated carbocycles. The highest BCUT2D eigenvalue weighted by Gasteiger charge is 2.22. The van der Waals surface area contributed by atoms with Crippen molar-refractivity contribution >= 4 is 35.5 Å². The average Bonchev–Trinajstić information content (AvgIpc) is 2.71. The fourth-order valence-electron chi connectivity index (χ4n) is 3.11. The van der Waals surface area contributed by atoms with Crippen LogP contribution in [0.15, 0.2) is 47.6 Å². The van der Waals surface area contributed by atoms with Gasteiger partial charge in [-0.05, 0) is 50.0 Å². The van der Waals surface area contributed by atoms with Gasteiger partial charge in [0.2, 0.25) is 5.91 Å². The lowest BCUT2D eigenvalue weighted by Gasteiger charge is -2.29. The maximum atomic E-state index is 12.8. The molecule has 140 valence electrons. The van der Waals surface area contributed by atoms with Gasteiger partial charge in [-0.15, -0.1) is 0 Å². The number of anilines is 1. The van der Waals surface area contributed by atoms with Crippen LogP contribution in [0.5, 0.6) is 0 Å². The molecule has 5 heteroatoms. The molecule has 2 heterocycles. The number of aromatic nitrogens is 2. The monoisotopic (exact) mass is 379 g/mol. The average molecular weight is 380 g/mol. The van der Waals surface area contributed by atoms with Gasteiger partial charge in [0.05, 0.1) is 23.3 Å². The molecular formula is C22H25N3OS. The topological polar surface area (TPSA) is 46.1 Å². The van der Waals surface area contributed by atoms with Crippen LogP contribution in [0, 0.1) is 0 Å². The van der Waals surface area contributed by atoms with Crippen LogP contribution in [0.4, 0.5) is 5.69 Å². The van der Waals surface area contributed by atoms with Gasteiger partial charge >= 0.3 is 0 Å². The van der Waals surface area contributed by atoms with Gasteiger partial charge in [0.1, 0.15) is 5.03 Å². The number of carbonyl (C=O) groups is 1. The summed E-state index contributed by atoms with van der Waals surface area (Å²) in [5.74, 6) is 0.485. The summed E-state index contributed by atoms with van der Waals surface area (Å²) in [5, 5.41) is 0.774. The van der Waals surface area contributed by atoms with Crippen LogP contribution in [0.1, 0.15) is 43.6 Å². The highest BCUT2D eigenvalue weighted by Crippen LogP contribution is 2.28. The lowest BCUT2D eigenvalue weighted by Crippen LogP contribution is -2.36. The van der Waals surface area contributed by atoms with Crippen LogP contribution >= 0.6 is 11.8 Å². The number of amides is 1. The zero-order valence-corrected chi connectivity index (χ0v) is 16.7. The first-order valence-electron chi connectivity index (χ1n) is 9.40. The van der Waals surface area contributed by atoms with Crippen LogP contribution in [-0.4, -0.2) is 28.2 Å². The Kier molecular flexibility index (Phi) is 6.82. The molecule has 0 bridgehead atoms. The summed E-state index contributed by atoms with van der Waals surface area (Å²) in [6, 6.07) is 8.18. The van der Waals surface area contributed by atoms with E-state index < -0.39 is 0 Å². The van der Waals surface area contributed by atoms with Crippen LogP contribution < -0.4 is 4.90 Å². The third kappa shape index (κ3) is 4.86. The first kappa shape index (κ1) is 19.4. The van der Waals surface area contributed by atoms with Crippen molar-refractivity contribution in [1.29, 1.82) is 0 Å². The quantitative estimate of drug-likeness (QED) is 0.662. The second-order valence-electron chi connectivity index (χ2n) is 6.36. The molecule has 27 heavy (non-hydrogen) atoms. The zero-order valence-electron chi connectivity index (χ0n) is 15.9. The second-order valence-corrected chi connectivity index (χ2v) is 7.35. The summed E-state index contributed by atoms with van der Waals surface area (Å²) in [4.78, 5) is 23.9. The van der Waals surface area contributed by atoms with Crippen LogP contribution in [0.3, 0.4) is 0 Å². The van der Waals surface area contributed by atoms with Gasteiger partial charge in [0, 0.05) is 12.2 Å². The van der Waals surface area contributed by atoms with Crippen molar-refractivity contribution < 1.29 is 4.79 Å². The fraction of sp³-hybridized carbons (Fsp3) is 0.318. The summed E-state index contributed by atoms with van der Waals surface area (Å²) in [6.45, 7) is 4.84. The van der Waals surface area contributed by atoms with E-state index in [0.717, 1.165) is 47.9 Å². The summed E-state index contributed by atoms with van der Waals surface area (Å²) in [6.07, 6.45) is 12.7. The molecule has 0 saturated heterocycles. The number of allylic oxidation sites excluding steroid dienone is 2. The lowest BCUT2D eigenvalue weighted by molar-refractivity contribution is -0.116. The van der Waals surface area contributed by atoms with E-state index in [-0.39, 0.29) is 5.91 Å². The molecule has 1 aromatic carbocycles. The minimum atomic E-state index is 0.122. The number of benzene rings is 1. The molecule has 1 aliphatic heterocycles. The number of nitrogens with zero attached hydrogens (tertiary/aromatic N) is 3. The van der Waals surface area contributed by atoms with E-state index in [1.54, 1.807) is 6.20 Å². The SMILES string of the molecule is C/C=C\c1nc(SCC(=O)N2CCCc3ccccc32)cnc1/C=C\CC. The van der Waals surface area contributed by atoms with E-state index in [9.17, 15) is 4.79 Å². The molecule has 0 aliphatic carbocycles. The smallest absolute Gasteiger partial charge is 0.237 e. The Morgan fingerprint density at radius 2 is 2.11 bits per heavy atom. The lowest BCUT2D eigenvalue weighted by atomic mass is 10.0. The summed E-state index contributed by atoms with van der Waals surface area (Å²) in [5.41, 5.74) is 4.00. The van der Waals surface area contributed by atoms with Crippen molar-refractivity contribution in [2.45, 2.75) is 38.1 Å². The van der Waals surface area contributed by atoms with Crippen molar-refractivity contribution in [3.8, 4) is 0 Å². The van der Waals surface area contributed by atoms with E-state index in [0.29, 0.717) is 5.75 Å². The van der Waals surface area contributed by atoms with Gasteiger partial charge in [0.15, 0.2) is 0 Å². The Morgan fingerprint density at radius 1 is 1.26 bits per heavy atom. The third-order valence-corrected chi connectivity index (χ3v) is 5.28. The number of para-hydroxylation sites is 1. The fourth-order valence-corrected chi connectivity index (χ4v) is 3.83. The molecule has 0 atom stereocenters. The minimum absolute atomic E-state index is 0.122. The summed E-state index contributed by atoms with van der Waals surface area (Å²) >= 11 is 1.45. The molecule has 0 unspecified atom stereocenters. The number of fused-ring (bicyclic) bond motifs is 1. The number of thioether (sulfide) groups is 1. The molecule has 0 fully saturated rings. The Hall–Kier alpha value is -2.40. The molecule has 1 aromatic heterocycles. The van der Waals surface area contributed by atoms with Crippen molar-refractivity contribution in [3.05, 3.63) is 59.6 Å². The predicted octanol–water partition coefficient (Wildman–Crippen LogP) is 5.00. The van der Waals surface area contributed by atoms with Gasteiger partial charge in [-0.3, -0.25) is 9.78 Å². The van der Waals surface area contributed by atoms with Gasteiger partial charge in [-0.1, -0.05) is 49.0 Å². The molecule has 3 rings (SSSR count). The number of carbonyl (C=O) groups excluding carboxylic acids is 1. The number of aryl methyl sites for hydroxylation is 1. The predicted molar refractivity (Wildman–Crippen MR) is 114 cm³/mol. The molecule has 0 spiro atoms. The normalized spacial score (nSPS) is 14.1. The molecule has 1 amide bonds. The second kappa shape index (κ2) is 9.51. The molecule has 0 radical (unpaired) electrons. The molecule has 2 aromatic rings. The van der Waals surface area contributed by atoms with Crippen molar-refractivity contribution in [1.82, 2.24) is 9.97 Å². The molecule has 1 aliphatic rings. The first-order chi connectivity index (χ1) is 13.2. The molecule has 4 nitrogen and oxygen atoms in total. The van der Waals surface area contributed by atoms with Crippen LogP contribution in [-0.2, 0) is 11.2 Å². The summed E-state index contributed by atoms with van der Waals surface area (Å²) < 4.78 is 0. The van der Waals surface area contributed by atoms with Gasteiger partial charge in [-0.2, -0.15) is 0 Å². The zero-order chi connectivity index (χ0) is 19.1. The van der Waals surface area contributed by atoms with Gasteiger partial charge < -0.3 is 4.90 Å². The van der Waals surface area contributed by atoms with Gasteiger partial charge in [0.25, 0.3) is 0 Å². The van der Waals surface area contributed by atoms with E-state index in [2.05, 4.69) is 29.0 Å². The molecular weight excluding hydrogens is 354 g/mol. The van der Waals surface area contributed by atoms with E-state index >= 15 is 0 Å². The maximum absolute atomic E-state index is 12.8. The highest BCUT2D eigenvalue weighted by atomic mass is 32.2. The largest absolute Gasteiger partial charge is 0.311 e. The van der Waals surface area contributed by atoms with Crippen molar-refractivity contribution in [2.75, 3.05) is 17.2 Å². The van der Waals surface area contributed by atoms with E-state index in [1.165, 1.54) is 17.3 Å². The van der Waals surface area contributed by atoms with E-state index in [1.807, 2.05) is 48.3 Å². The van der Waals surface area contributed by atoms with E-state index in [4.69, 9.17) is 0 Å². The number of hydrogen-bond acceptors (Lipinski definition) is 4. The Balaban J connectivity index is 1.71. The minimum Gasteiger partial charge on any atom is -0.311 e. The third-order valence-electron chi connectivity index (χ3n) is 4.40.